The SMILES string of the molecule is CCn1c(=O)c(C(=O)NCCc2ccccn2)nn(-c2ccccc2)c1=O. The van der Waals surface area contributed by atoms with Crippen molar-refractivity contribution in [1.29, 1.82) is 0 Å². The lowest BCUT2D eigenvalue weighted by atomic mass is 10.2. The number of hydrogen-bond acceptors (Lipinski definition) is 5. The van der Waals surface area contributed by atoms with Gasteiger partial charge in [0, 0.05) is 31.4 Å². The number of benzene rings is 1. The second kappa shape index (κ2) is 8.22. The fraction of sp³-hybridized carbons (Fsp3) is 0.211. The Morgan fingerprint density at radius 2 is 1.81 bits per heavy atom. The molecule has 2 heterocycles. The van der Waals surface area contributed by atoms with E-state index in [-0.39, 0.29) is 12.2 Å². The summed E-state index contributed by atoms with van der Waals surface area (Å²) in [5.41, 5.74) is -0.303. The number of pyridine rings is 1. The molecule has 0 spiro atoms. The second-order valence-electron chi connectivity index (χ2n) is 5.75. The topological polar surface area (TPSA) is 98.9 Å². The molecular weight excluding hydrogens is 346 g/mol. The number of nitrogens with zero attached hydrogens (tertiary/aromatic N) is 4. The number of rotatable bonds is 6. The molecule has 8 nitrogen and oxygen atoms in total. The number of amides is 1. The highest BCUT2D eigenvalue weighted by Gasteiger charge is 2.19. The quantitative estimate of drug-likeness (QED) is 0.696. The summed E-state index contributed by atoms with van der Waals surface area (Å²) in [6.07, 6.45) is 2.20. The first-order valence-corrected chi connectivity index (χ1v) is 8.59. The lowest BCUT2D eigenvalue weighted by molar-refractivity contribution is 0.0944. The van der Waals surface area contributed by atoms with Gasteiger partial charge in [0.25, 0.3) is 11.5 Å². The van der Waals surface area contributed by atoms with Crippen LogP contribution in [0.15, 0.2) is 64.3 Å². The van der Waals surface area contributed by atoms with Crippen molar-refractivity contribution >= 4 is 5.91 Å². The molecule has 0 unspecified atom stereocenters. The van der Waals surface area contributed by atoms with Crippen molar-refractivity contribution in [3.63, 3.8) is 0 Å². The van der Waals surface area contributed by atoms with Gasteiger partial charge in [0.1, 0.15) is 0 Å². The van der Waals surface area contributed by atoms with E-state index >= 15 is 0 Å². The summed E-state index contributed by atoms with van der Waals surface area (Å²) in [5.74, 6) is -0.622. The normalized spacial score (nSPS) is 10.6. The van der Waals surface area contributed by atoms with Crippen molar-refractivity contribution in [3.8, 4) is 5.69 Å². The molecule has 0 bridgehead atoms. The van der Waals surface area contributed by atoms with Crippen LogP contribution in [0.2, 0.25) is 0 Å². The molecule has 138 valence electrons. The van der Waals surface area contributed by atoms with Crippen LogP contribution >= 0.6 is 0 Å². The minimum absolute atomic E-state index is 0.140. The first-order chi connectivity index (χ1) is 13.1. The molecule has 0 aliphatic rings. The number of para-hydroxylation sites is 1. The van der Waals surface area contributed by atoms with Crippen LogP contribution in [0.1, 0.15) is 23.1 Å². The zero-order chi connectivity index (χ0) is 19.2. The third kappa shape index (κ3) is 4.00. The highest BCUT2D eigenvalue weighted by Crippen LogP contribution is 2.01. The minimum atomic E-state index is -0.704. The number of aromatic nitrogens is 4. The van der Waals surface area contributed by atoms with Crippen LogP contribution in [0, 0.1) is 0 Å². The summed E-state index contributed by atoms with van der Waals surface area (Å²) in [6.45, 7) is 2.11. The fourth-order valence-electron chi connectivity index (χ4n) is 2.61. The van der Waals surface area contributed by atoms with Gasteiger partial charge in [0.2, 0.25) is 5.69 Å². The summed E-state index contributed by atoms with van der Waals surface area (Å²) < 4.78 is 2.06. The molecule has 1 N–H and O–H groups in total. The third-order valence-electron chi connectivity index (χ3n) is 3.98. The van der Waals surface area contributed by atoms with Gasteiger partial charge >= 0.3 is 5.69 Å². The first-order valence-electron chi connectivity index (χ1n) is 8.59. The van der Waals surface area contributed by atoms with Gasteiger partial charge < -0.3 is 5.32 Å². The van der Waals surface area contributed by atoms with E-state index < -0.39 is 17.2 Å². The van der Waals surface area contributed by atoms with Crippen molar-refractivity contribution in [2.24, 2.45) is 0 Å². The van der Waals surface area contributed by atoms with E-state index in [9.17, 15) is 14.4 Å². The summed E-state index contributed by atoms with van der Waals surface area (Å²) in [5, 5.41) is 6.69. The van der Waals surface area contributed by atoms with E-state index in [0.717, 1.165) is 14.9 Å². The highest BCUT2D eigenvalue weighted by molar-refractivity contribution is 5.91. The van der Waals surface area contributed by atoms with E-state index in [2.05, 4.69) is 15.4 Å². The van der Waals surface area contributed by atoms with Crippen LogP contribution in [0.4, 0.5) is 0 Å². The molecule has 0 saturated carbocycles. The maximum Gasteiger partial charge on any atom is 0.352 e. The van der Waals surface area contributed by atoms with Crippen molar-refractivity contribution < 1.29 is 4.79 Å². The third-order valence-corrected chi connectivity index (χ3v) is 3.98. The maximum atomic E-state index is 12.5. The van der Waals surface area contributed by atoms with E-state index in [1.807, 2.05) is 18.2 Å². The van der Waals surface area contributed by atoms with Gasteiger partial charge in [-0.15, -0.1) is 0 Å². The lowest BCUT2D eigenvalue weighted by Gasteiger charge is -2.11. The minimum Gasteiger partial charge on any atom is -0.350 e. The molecule has 3 rings (SSSR count). The summed E-state index contributed by atoms with van der Waals surface area (Å²) >= 11 is 0. The van der Waals surface area contributed by atoms with E-state index in [0.29, 0.717) is 18.7 Å². The summed E-state index contributed by atoms with van der Waals surface area (Å²) in [7, 11) is 0. The van der Waals surface area contributed by atoms with Gasteiger partial charge in [-0.1, -0.05) is 24.3 Å². The number of carbonyl (C=O) groups is 1. The van der Waals surface area contributed by atoms with Gasteiger partial charge in [0.05, 0.1) is 5.69 Å². The standard InChI is InChI=1S/C19H19N5O3/c1-2-23-18(26)16(17(25)21-13-11-14-8-6-7-12-20-14)22-24(19(23)27)15-9-4-3-5-10-15/h3-10,12H,2,11,13H2,1H3,(H,21,25). The smallest absolute Gasteiger partial charge is 0.350 e. The predicted molar refractivity (Wildman–Crippen MR) is 100 cm³/mol. The Hall–Kier alpha value is -3.55. The number of nitrogens with one attached hydrogen (secondary N) is 1. The Labute approximate surface area is 155 Å². The largest absolute Gasteiger partial charge is 0.352 e. The van der Waals surface area contributed by atoms with Gasteiger partial charge in [-0.2, -0.15) is 9.78 Å². The molecule has 2 aromatic heterocycles. The molecule has 27 heavy (non-hydrogen) atoms. The monoisotopic (exact) mass is 365 g/mol. The van der Waals surface area contributed by atoms with Crippen molar-refractivity contribution in [1.82, 2.24) is 24.6 Å². The van der Waals surface area contributed by atoms with Crippen molar-refractivity contribution in [3.05, 3.63) is 87.0 Å². The molecule has 0 radical (unpaired) electrons. The van der Waals surface area contributed by atoms with E-state index in [1.165, 1.54) is 0 Å². The van der Waals surface area contributed by atoms with Crippen LogP contribution in [0.5, 0.6) is 0 Å². The van der Waals surface area contributed by atoms with Crippen LogP contribution in [0.25, 0.3) is 5.69 Å². The zero-order valence-electron chi connectivity index (χ0n) is 14.8. The predicted octanol–water partition coefficient (Wildman–Crippen LogP) is 0.782. The Kier molecular flexibility index (Phi) is 5.55. The van der Waals surface area contributed by atoms with Crippen molar-refractivity contribution in [2.75, 3.05) is 6.54 Å². The molecule has 8 heteroatoms. The molecule has 1 aromatic carbocycles. The molecule has 0 saturated heterocycles. The Bertz CT molecular complexity index is 1040. The van der Waals surface area contributed by atoms with Crippen LogP contribution in [0.3, 0.4) is 0 Å². The maximum absolute atomic E-state index is 12.5. The van der Waals surface area contributed by atoms with E-state index in [1.54, 1.807) is 43.5 Å². The Balaban J connectivity index is 1.89. The van der Waals surface area contributed by atoms with Crippen LogP contribution in [-0.4, -0.2) is 31.8 Å². The molecular formula is C19H19N5O3. The zero-order valence-corrected chi connectivity index (χ0v) is 14.8. The van der Waals surface area contributed by atoms with Crippen LogP contribution < -0.4 is 16.6 Å². The molecule has 3 aromatic rings. The Morgan fingerprint density at radius 1 is 1.07 bits per heavy atom. The fourth-order valence-corrected chi connectivity index (χ4v) is 2.61. The summed E-state index contributed by atoms with van der Waals surface area (Å²) in [4.78, 5) is 41.7. The second-order valence-corrected chi connectivity index (χ2v) is 5.75. The number of carbonyl (C=O) groups excluding carboxylic acids is 1. The van der Waals surface area contributed by atoms with E-state index in [4.69, 9.17) is 0 Å². The van der Waals surface area contributed by atoms with Crippen molar-refractivity contribution in [2.45, 2.75) is 19.9 Å². The molecule has 0 atom stereocenters. The van der Waals surface area contributed by atoms with Gasteiger partial charge in [-0.3, -0.25) is 19.1 Å². The number of hydrogen-bond donors (Lipinski definition) is 1. The Morgan fingerprint density at radius 3 is 2.48 bits per heavy atom. The van der Waals surface area contributed by atoms with Crippen LogP contribution in [-0.2, 0) is 13.0 Å². The van der Waals surface area contributed by atoms with Gasteiger partial charge in [0.15, 0.2) is 0 Å². The average Bonchev–Trinajstić information content (AvgIpc) is 2.70. The first kappa shape index (κ1) is 18.2. The summed E-state index contributed by atoms with van der Waals surface area (Å²) in [6, 6.07) is 14.2. The van der Waals surface area contributed by atoms with Gasteiger partial charge in [-0.05, 0) is 31.2 Å². The highest BCUT2D eigenvalue weighted by atomic mass is 16.2. The molecule has 1 amide bonds. The molecule has 0 aliphatic heterocycles. The van der Waals surface area contributed by atoms with Gasteiger partial charge in [-0.25, -0.2) is 4.79 Å². The molecule has 0 fully saturated rings. The average molecular weight is 365 g/mol. The molecule has 0 aliphatic carbocycles. The lowest BCUT2D eigenvalue weighted by Crippen LogP contribution is -2.45.